The van der Waals surface area contributed by atoms with Crippen molar-refractivity contribution >= 4 is 0 Å². The normalized spacial score (nSPS) is 29.7. The fourth-order valence-corrected chi connectivity index (χ4v) is 1.58. The summed E-state index contributed by atoms with van der Waals surface area (Å²) in [6, 6.07) is -1.93. The molecular formula is C6H10N2O4. The van der Waals surface area contributed by atoms with Gasteiger partial charge in [-0.2, -0.15) is 0 Å². The smallest absolute Gasteiger partial charge is 0.264 e. The van der Waals surface area contributed by atoms with E-state index in [9.17, 15) is 20.2 Å². The summed E-state index contributed by atoms with van der Waals surface area (Å²) in [5.74, 6) is 0. The second-order valence-electron chi connectivity index (χ2n) is 2.99. The van der Waals surface area contributed by atoms with Gasteiger partial charge in [-0.05, 0) is 12.8 Å². The predicted molar refractivity (Wildman–Crippen MR) is 40.0 cm³/mol. The molecule has 0 spiro atoms. The van der Waals surface area contributed by atoms with Gasteiger partial charge in [0.2, 0.25) is 0 Å². The topological polar surface area (TPSA) is 86.3 Å². The first-order chi connectivity index (χ1) is 5.63. The van der Waals surface area contributed by atoms with Crippen molar-refractivity contribution in [1.82, 2.24) is 0 Å². The molecule has 0 aromatic carbocycles. The van der Waals surface area contributed by atoms with Crippen LogP contribution in [-0.2, 0) is 0 Å². The molecule has 0 N–H and O–H groups in total. The maximum atomic E-state index is 10.4. The highest BCUT2D eigenvalue weighted by Crippen LogP contribution is 2.22. The molecule has 68 valence electrons. The Morgan fingerprint density at radius 1 is 0.917 bits per heavy atom. The van der Waals surface area contributed by atoms with Crippen molar-refractivity contribution in [3.63, 3.8) is 0 Å². The van der Waals surface area contributed by atoms with Gasteiger partial charge in [0.05, 0.1) is 0 Å². The molecule has 0 radical (unpaired) electrons. The van der Waals surface area contributed by atoms with Crippen LogP contribution in [0.1, 0.15) is 25.7 Å². The van der Waals surface area contributed by atoms with Gasteiger partial charge in [-0.15, -0.1) is 0 Å². The lowest BCUT2D eigenvalue weighted by Crippen LogP contribution is -2.41. The maximum Gasteiger partial charge on any atom is 0.279 e. The molecule has 0 aromatic heterocycles. The van der Waals surface area contributed by atoms with Crippen LogP contribution in [-0.4, -0.2) is 21.9 Å². The zero-order valence-corrected chi connectivity index (χ0v) is 6.51. The third kappa shape index (κ3) is 1.69. The van der Waals surface area contributed by atoms with Crippen LogP contribution in [0.15, 0.2) is 0 Å². The SMILES string of the molecule is O=[N+]([O-])[C@H]1CCCC[C@@H]1[N+](=O)[O-]. The monoisotopic (exact) mass is 174 g/mol. The van der Waals surface area contributed by atoms with E-state index in [0.29, 0.717) is 12.8 Å². The second-order valence-corrected chi connectivity index (χ2v) is 2.99. The van der Waals surface area contributed by atoms with E-state index in [1.807, 2.05) is 0 Å². The molecule has 1 rings (SSSR count). The van der Waals surface area contributed by atoms with Crippen LogP contribution in [0.2, 0.25) is 0 Å². The predicted octanol–water partition coefficient (Wildman–Crippen LogP) is 0.851. The van der Waals surface area contributed by atoms with Crippen LogP contribution in [0.3, 0.4) is 0 Å². The van der Waals surface area contributed by atoms with Crippen LogP contribution >= 0.6 is 0 Å². The molecular weight excluding hydrogens is 164 g/mol. The lowest BCUT2D eigenvalue weighted by Gasteiger charge is -2.18. The van der Waals surface area contributed by atoms with Gasteiger partial charge in [0, 0.05) is 22.7 Å². The summed E-state index contributed by atoms with van der Waals surface area (Å²) in [7, 11) is 0. The van der Waals surface area contributed by atoms with Gasteiger partial charge < -0.3 is 0 Å². The third-order valence-electron chi connectivity index (χ3n) is 2.24. The zero-order chi connectivity index (χ0) is 9.14. The molecule has 0 amide bonds. The Morgan fingerprint density at radius 2 is 1.25 bits per heavy atom. The van der Waals surface area contributed by atoms with E-state index in [1.54, 1.807) is 0 Å². The molecule has 1 saturated carbocycles. The van der Waals surface area contributed by atoms with Crippen LogP contribution in [0.4, 0.5) is 0 Å². The van der Waals surface area contributed by atoms with Crippen molar-refractivity contribution in [2.45, 2.75) is 37.8 Å². The van der Waals surface area contributed by atoms with Gasteiger partial charge in [0.1, 0.15) is 0 Å². The molecule has 12 heavy (non-hydrogen) atoms. The lowest BCUT2D eigenvalue weighted by atomic mass is 9.91. The molecule has 1 aliphatic carbocycles. The van der Waals surface area contributed by atoms with Gasteiger partial charge in [-0.25, -0.2) is 0 Å². The fraction of sp³-hybridized carbons (Fsp3) is 1.00. The van der Waals surface area contributed by atoms with Gasteiger partial charge in [-0.3, -0.25) is 20.2 Å². The summed E-state index contributed by atoms with van der Waals surface area (Å²) in [6.07, 6.45) is 2.16. The Kier molecular flexibility index (Phi) is 2.57. The molecule has 1 aliphatic rings. The van der Waals surface area contributed by atoms with E-state index >= 15 is 0 Å². The Labute approximate surface area is 68.9 Å². The van der Waals surface area contributed by atoms with Gasteiger partial charge >= 0.3 is 0 Å². The van der Waals surface area contributed by atoms with E-state index in [4.69, 9.17) is 0 Å². The average Bonchev–Trinajstić information content (AvgIpc) is 2.04. The molecule has 6 nitrogen and oxygen atoms in total. The Hall–Kier alpha value is -1.20. The minimum atomic E-state index is -0.964. The first-order valence-electron chi connectivity index (χ1n) is 3.90. The lowest BCUT2D eigenvalue weighted by molar-refractivity contribution is -0.621. The molecule has 0 saturated heterocycles. The number of nitro groups is 2. The largest absolute Gasteiger partial charge is 0.279 e. The number of hydrogen-bond acceptors (Lipinski definition) is 4. The summed E-state index contributed by atoms with van der Waals surface area (Å²) in [5, 5.41) is 20.7. The van der Waals surface area contributed by atoms with Crippen LogP contribution in [0, 0.1) is 20.2 Å². The van der Waals surface area contributed by atoms with Crippen molar-refractivity contribution in [3.05, 3.63) is 20.2 Å². The Balaban J connectivity index is 2.67. The fourth-order valence-electron chi connectivity index (χ4n) is 1.58. The highest BCUT2D eigenvalue weighted by molar-refractivity contribution is 4.74. The number of nitrogens with zero attached hydrogens (tertiary/aromatic N) is 2. The van der Waals surface area contributed by atoms with Crippen LogP contribution < -0.4 is 0 Å². The molecule has 2 atom stereocenters. The van der Waals surface area contributed by atoms with Gasteiger partial charge in [0.25, 0.3) is 12.1 Å². The van der Waals surface area contributed by atoms with E-state index < -0.39 is 21.9 Å². The summed E-state index contributed by atoms with van der Waals surface area (Å²) in [6.45, 7) is 0. The van der Waals surface area contributed by atoms with Gasteiger partial charge in [-0.1, -0.05) is 0 Å². The first kappa shape index (κ1) is 8.89. The molecule has 0 aromatic rings. The van der Waals surface area contributed by atoms with E-state index in [2.05, 4.69) is 0 Å². The molecule has 0 bridgehead atoms. The van der Waals surface area contributed by atoms with Crippen molar-refractivity contribution in [3.8, 4) is 0 Å². The Morgan fingerprint density at radius 3 is 1.50 bits per heavy atom. The molecule has 1 fully saturated rings. The summed E-state index contributed by atoms with van der Waals surface area (Å²) in [4.78, 5) is 19.7. The van der Waals surface area contributed by atoms with E-state index in [-0.39, 0.29) is 0 Å². The average molecular weight is 174 g/mol. The van der Waals surface area contributed by atoms with Crippen molar-refractivity contribution < 1.29 is 9.85 Å². The molecule has 0 unspecified atom stereocenters. The van der Waals surface area contributed by atoms with E-state index in [1.165, 1.54) is 0 Å². The highest BCUT2D eigenvalue weighted by atomic mass is 16.6. The second kappa shape index (κ2) is 3.46. The molecule has 0 heterocycles. The zero-order valence-electron chi connectivity index (χ0n) is 6.51. The summed E-state index contributed by atoms with van der Waals surface area (Å²) in [5.41, 5.74) is 0. The summed E-state index contributed by atoms with van der Waals surface area (Å²) < 4.78 is 0. The first-order valence-corrected chi connectivity index (χ1v) is 3.90. The maximum absolute atomic E-state index is 10.4. The van der Waals surface area contributed by atoms with Gasteiger partial charge in [0.15, 0.2) is 0 Å². The quantitative estimate of drug-likeness (QED) is 0.458. The number of rotatable bonds is 2. The van der Waals surface area contributed by atoms with Crippen molar-refractivity contribution in [2.75, 3.05) is 0 Å². The summed E-state index contributed by atoms with van der Waals surface area (Å²) >= 11 is 0. The third-order valence-corrected chi connectivity index (χ3v) is 2.24. The molecule has 6 heteroatoms. The van der Waals surface area contributed by atoms with Crippen LogP contribution in [0.5, 0.6) is 0 Å². The minimum absolute atomic E-state index is 0.346. The van der Waals surface area contributed by atoms with Crippen molar-refractivity contribution in [1.29, 1.82) is 0 Å². The highest BCUT2D eigenvalue weighted by Gasteiger charge is 2.42. The minimum Gasteiger partial charge on any atom is -0.264 e. The Bertz CT molecular complexity index is 184. The van der Waals surface area contributed by atoms with E-state index in [0.717, 1.165) is 12.8 Å². The number of hydrogen-bond donors (Lipinski definition) is 0. The standard InChI is InChI=1S/C6H10N2O4/c9-7(10)5-3-1-2-4-6(5)8(11)12/h5-6H,1-4H2/t5-,6-/m0/s1. The molecule has 0 aliphatic heterocycles. The van der Waals surface area contributed by atoms with Crippen molar-refractivity contribution in [2.24, 2.45) is 0 Å². The van der Waals surface area contributed by atoms with Crippen LogP contribution in [0.25, 0.3) is 0 Å².